The van der Waals surface area contributed by atoms with Crippen LogP contribution in [-0.4, -0.2) is 28.6 Å². The number of aryl methyl sites for hydroxylation is 1. The van der Waals surface area contributed by atoms with Crippen LogP contribution in [0.15, 0.2) is 43.0 Å². The maximum Gasteiger partial charge on any atom is 0.416 e. The molecule has 0 bridgehead atoms. The number of alkyl halides is 3. The molecule has 0 unspecified atom stereocenters. The molecule has 0 aliphatic carbocycles. The second-order valence-corrected chi connectivity index (χ2v) is 4.82. The lowest BCUT2D eigenvalue weighted by Crippen LogP contribution is -2.30. The molecule has 23 heavy (non-hydrogen) atoms. The molecule has 0 saturated carbocycles. The predicted molar refractivity (Wildman–Crippen MR) is 76.8 cm³/mol. The van der Waals surface area contributed by atoms with Gasteiger partial charge in [-0.15, -0.1) is 0 Å². The smallest absolute Gasteiger partial charge is 0.416 e. The Morgan fingerprint density at radius 1 is 1.35 bits per heavy atom. The number of nitrogens with zero attached hydrogens (tertiary/aromatic N) is 2. The highest BCUT2D eigenvalue weighted by atomic mass is 19.4. The molecule has 5 nitrogen and oxygen atoms in total. The SMILES string of the molecule is O=C(COc1cccc(C(F)(F)F)c1)NCCCn1ccnc1. The summed E-state index contributed by atoms with van der Waals surface area (Å²) in [5.74, 6) is -0.374. The van der Waals surface area contributed by atoms with Crippen molar-refractivity contribution >= 4 is 5.91 Å². The molecule has 1 aromatic heterocycles. The van der Waals surface area contributed by atoms with Gasteiger partial charge in [0.15, 0.2) is 6.61 Å². The van der Waals surface area contributed by atoms with Crippen molar-refractivity contribution in [3.63, 3.8) is 0 Å². The Morgan fingerprint density at radius 3 is 2.87 bits per heavy atom. The fourth-order valence-electron chi connectivity index (χ4n) is 1.87. The molecule has 1 N–H and O–H groups in total. The second-order valence-electron chi connectivity index (χ2n) is 4.82. The minimum atomic E-state index is -4.44. The number of ether oxygens (including phenoxy) is 1. The van der Waals surface area contributed by atoms with Crippen LogP contribution >= 0.6 is 0 Å². The lowest BCUT2D eigenvalue weighted by atomic mass is 10.2. The molecule has 0 saturated heterocycles. The summed E-state index contributed by atoms with van der Waals surface area (Å²) in [5.41, 5.74) is -0.809. The summed E-state index contributed by atoms with van der Waals surface area (Å²) in [4.78, 5) is 15.5. The van der Waals surface area contributed by atoms with Gasteiger partial charge in [-0.1, -0.05) is 6.07 Å². The van der Waals surface area contributed by atoms with E-state index in [1.807, 2.05) is 10.8 Å². The number of hydrogen-bond acceptors (Lipinski definition) is 3. The van der Waals surface area contributed by atoms with Gasteiger partial charge in [0.2, 0.25) is 0 Å². The topological polar surface area (TPSA) is 56.1 Å². The minimum absolute atomic E-state index is 0.00777. The molecule has 1 heterocycles. The number of nitrogens with one attached hydrogen (secondary N) is 1. The zero-order valence-electron chi connectivity index (χ0n) is 12.2. The van der Waals surface area contributed by atoms with E-state index in [-0.39, 0.29) is 18.3 Å². The van der Waals surface area contributed by atoms with Crippen molar-refractivity contribution < 1.29 is 22.7 Å². The van der Waals surface area contributed by atoms with E-state index in [0.29, 0.717) is 13.0 Å². The van der Waals surface area contributed by atoms with Crippen LogP contribution in [0.2, 0.25) is 0 Å². The maximum atomic E-state index is 12.5. The van der Waals surface area contributed by atoms with Gasteiger partial charge in [-0.05, 0) is 24.6 Å². The summed E-state index contributed by atoms with van der Waals surface area (Å²) in [5, 5.41) is 2.64. The van der Waals surface area contributed by atoms with Gasteiger partial charge in [0.1, 0.15) is 5.75 Å². The maximum absolute atomic E-state index is 12.5. The Labute approximate surface area is 131 Å². The van der Waals surface area contributed by atoms with Crippen LogP contribution in [0.3, 0.4) is 0 Å². The largest absolute Gasteiger partial charge is 0.484 e. The van der Waals surface area contributed by atoms with Crippen molar-refractivity contribution in [2.75, 3.05) is 13.2 Å². The van der Waals surface area contributed by atoms with Gasteiger partial charge in [0.05, 0.1) is 11.9 Å². The van der Waals surface area contributed by atoms with Crippen LogP contribution < -0.4 is 10.1 Å². The number of hydrogen-bond donors (Lipinski definition) is 1. The van der Waals surface area contributed by atoms with Crippen LogP contribution in [0.4, 0.5) is 13.2 Å². The van der Waals surface area contributed by atoms with E-state index in [1.54, 1.807) is 12.5 Å². The number of aromatic nitrogens is 2. The van der Waals surface area contributed by atoms with Gasteiger partial charge < -0.3 is 14.6 Å². The minimum Gasteiger partial charge on any atom is -0.484 e. The number of carbonyl (C=O) groups is 1. The molecule has 0 aliphatic heterocycles. The lowest BCUT2D eigenvalue weighted by Gasteiger charge is -2.10. The number of rotatable bonds is 7. The van der Waals surface area contributed by atoms with Crippen LogP contribution in [0, 0.1) is 0 Å². The molecule has 0 radical (unpaired) electrons. The monoisotopic (exact) mass is 327 g/mol. The first-order chi connectivity index (χ1) is 10.9. The molecule has 1 aromatic carbocycles. The lowest BCUT2D eigenvalue weighted by molar-refractivity contribution is -0.137. The summed E-state index contributed by atoms with van der Waals surface area (Å²) < 4.78 is 44.6. The Bertz CT molecular complexity index is 627. The van der Waals surface area contributed by atoms with Crippen LogP contribution in [0.1, 0.15) is 12.0 Å². The van der Waals surface area contributed by atoms with E-state index in [9.17, 15) is 18.0 Å². The Balaban J connectivity index is 1.70. The van der Waals surface area contributed by atoms with Gasteiger partial charge in [-0.2, -0.15) is 13.2 Å². The highest BCUT2D eigenvalue weighted by Crippen LogP contribution is 2.31. The van der Waals surface area contributed by atoms with Gasteiger partial charge in [0, 0.05) is 25.5 Å². The number of halogens is 3. The number of amides is 1. The number of carbonyl (C=O) groups excluding carboxylic acids is 1. The Hall–Kier alpha value is -2.51. The van der Waals surface area contributed by atoms with E-state index in [0.717, 1.165) is 18.7 Å². The molecule has 124 valence electrons. The molecule has 8 heteroatoms. The van der Waals surface area contributed by atoms with Crippen LogP contribution in [-0.2, 0) is 17.5 Å². The van der Waals surface area contributed by atoms with E-state index >= 15 is 0 Å². The van der Waals surface area contributed by atoms with E-state index in [2.05, 4.69) is 10.3 Å². The molecule has 2 rings (SSSR count). The number of imidazole rings is 1. The van der Waals surface area contributed by atoms with Crippen molar-refractivity contribution in [3.05, 3.63) is 48.5 Å². The molecular weight excluding hydrogens is 311 g/mol. The van der Waals surface area contributed by atoms with Crippen molar-refractivity contribution in [1.82, 2.24) is 14.9 Å². The zero-order valence-corrected chi connectivity index (χ0v) is 12.2. The normalized spacial score (nSPS) is 11.3. The van der Waals surface area contributed by atoms with E-state index in [1.165, 1.54) is 12.1 Å². The first-order valence-corrected chi connectivity index (χ1v) is 6.97. The zero-order chi connectivity index (χ0) is 16.7. The summed E-state index contributed by atoms with van der Waals surface area (Å²) in [6, 6.07) is 4.43. The first-order valence-electron chi connectivity index (χ1n) is 6.97. The van der Waals surface area contributed by atoms with E-state index in [4.69, 9.17) is 4.74 Å². The summed E-state index contributed by atoms with van der Waals surface area (Å²) >= 11 is 0. The third-order valence-electron chi connectivity index (χ3n) is 3.01. The van der Waals surface area contributed by atoms with Crippen molar-refractivity contribution in [3.8, 4) is 5.75 Å². The third kappa shape index (κ3) is 5.65. The fourth-order valence-corrected chi connectivity index (χ4v) is 1.87. The summed E-state index contributed by atoms with van der Waals surface area (Å²) in [7, 11) is 0. The van der Waals surface area contributed by atoms with Crippen molar-refractivity contribution in [2.45, 2.75) is 19.1 Å². The average Bonchev–Trinajstić information content (AvgIpc) is 3.02. The fraction of sp³-hybridized carbons (Fsp3) is 0.333. The second kappa shape index (κ2) is 7.66. The molecule has 1 amide bonds. The van der Waals surface area contributed by atoms with Crippen molar-refractivity contribution in [2.24, 2.45) is 0 Å². The predicted octanol–water partition coefficient (Wildman–Crippen LogP) is 2.49. The van der Waals surface area contributed by atoms with Gasteiger partial charge in [0.25, 0.3) is 5.91 Å². The highest BCUT2D eigenvalue weighted by molar-refractivity contribution is 5.77. The van der Waals surface area contributed by atoms with Gasteiger partial charge in [-0.3, -0.25) is 4.79 Å². The highest BCUT2D eigenvalue weighted by Gasteiger charge is 2.30. The Morgan fingerprint density at radius 2 is 2.17 bits per heavy atom. The molecule has 0 spiro atoms. The van der Waals surface area contributed by atoms with E-state index < -0.39 is 11.7 Å². The van der Waals surface area contributed by atoms with Crippen molar-refractivity contribution in [1.29, 1.82) is 0 Å². The summed E-state index contributed by atoms with van der Waals surface area (Å²) in [6.07, 6.45) is 1.44. The molecule has 0 atom stereocenters. The molecule has 0 aliphatic rings. The number of benzene rings is 1. The third-order valence-corrected chi connectivity index (χ3v) is 3.01. The van der Waals surface area contributed by atoms with Gasteiger partial charge >= 0.3 is 6.18 Å². The standard InChI is InChI=1S/C15H16F3N3O2/c16-15(17,18)12-3-1-4-13(9-12)23-10-14(22)20-5-2-7-21-8-6-19-11-21/h1,3-4,6,8-9,11H,2,5,7,10H2,(H,20,22). The Kier molecular flexibility index (Phi) is 5.61. The van der Waals surface area contributed by atoms with Crippen LogP contribution in [0.25, 0.3) is 0 Å². The average molecular weight is 327 g/mol. The molecular formula is C15H16F3N3O2. The quantitative estimate of drug-likeness (QED) is 0.795. The van der Waals surface area contributed by atoms with Crippen LogP contribution in [0.5, 0.6) is 5.75 Å². The summed E-state index contributed by atoms with van der Waals surface area (Å²) in [6.45, 7) is 0.837. The first kappa shape index (κ1) is 16.9. The van der Waals surface area contributed by atoms with Gasteiger partial charge in [-0.25, -0.2) is 4.98 Å². The molecule has 0 fully saturated rings. The molecule has 2 aromatic rings.